The minimum absolute atomic E-state index is 0.0315. The van der Waals surface area contributed by atoms with Gasteiger partial charge in [-0.05, 0) is 54.5 Å². The Bertz CT molecular complexity index is 1190. The monoisotopic (exact) mass is 478 g/mol. The molecule has 0 amide bonds. The van der Waals surface area contributed by atoms with Gasteiger partial charge in [-0.2, -0.15) is 13.2 Å². The molecule has 1 saturated heterocycles. The predicted molar refractivity (Wildman–Crippen MR) is 118 cm³/mol. The topological polar surface area (TPSA) is 12.5 Å². The minimum atomic E-state index is -5.00. The molecule has 1 aliphatic heterocycles. The fourth-order valence-electron chi connectivity index (χ4n) is 4.32. The lowest BCUT2D eigenvalue weighted by molar-refractivity contribution is -0.140. The van der Waals surface area contributed by atoms with Crippen molar-refractivity contribution in [2.45, 2.75) is 51.8 Å². The van der Waals surface area contributed by atoms with Crippen LogP contribution in [0.3, 0.4) is 0 Å². The van der Waals surface area contributed by atoms with Crippen molar-refractivity contribution in [1.29, 1.82) is 0 Å². The zero-order valence-electron chi connectivity index (χ0n) is 18.8. The first kappa shape index (κ1) is 24.3. The third-order valence-electron chi connectivity index (χ3n) is 6.19. The van der Waals surface area contributed by atoms with Gasteiger partial charge in [0.1, 0.15) is 11.9 Å². The van der Waals surface area contributed by atoms with Crippen LogP contribution in [0.1, 0.15) is 52.8 Å². The molecule has 1 fully saturated rings. The smallest absolute Gasteiger partial charge is 0.368 e. The molecule has 0 saturated carbocycles. The van der Waals surface area contributed by atoms with Gasteiger partial charge >= 0.3 is 6.18 Å². The summed E-state index contributed by atoms with van der Waals surface area (Å²) in [6, 6.07) is 11.1. The summed E-state index contributed by atoms with van der Waals surface area (Å²) in [5, 5.41) is 0. The molecule has 0 aromatic heterocycles. The molecule has 34 heavy (non-hydrogen) atoms. The summed E-state index contributed by atoms with van der Waals surface area (Å²) in [5.74, 6) is -4.22. The van der Waals surface area contributed by atoms with Crippen LogP contribution in [-0.4, -0.2) is 6.61 Å². The number of halogens is 6. The number of aryl methyl sites for hydroxylation is 3. The standard InChI is InChI=1S/C27H24F6O/c1-3-4-16-5-7-17(8-6-16)9-10-18-15(2)13-21(24(28)23(18)27(31,32)33)19-11-12-20(22-14-34-22)26(30)25(19)29/h5-8,11-13,22H,3-4,9-10,14H2,1-2H3. The highest BCUT2D eigenvalue weighted by Crippen LogP contribution is 2.42. The van der Waals surface area contributed by atoms with E-state index in [2.05, 4.69) is 6.92 Å². The maximum atomic E-state index is 15.3. The Labute approximate surface area is 194 Å². The highest BCUT2D eigenvalue weighted by molar-refractivity contribution is 5.69. The second-order valence-corrected chi connectivity index (χ2v) is 8.63. The Morgan fingerprint density at radius 3 is 2.00 bits per heavy atom. The minimum Gasteiger partial charge on any atom is -0.368 e. The highest BCUT2D eigenvalue weighted by Gasteiger charge is 2.39. The average Bonchev–Trinajstić information content (AvgIpc) is 3.61. The fraction of sp³-hybridized carbons (Fsp3) is 0.333. The Morgan fingerprint density at radius 1 is 0.824 bits per heavy atom. The maximum Gasteiger partial charge on any atom is 0.419 e. The maximum absolute atomic E-state index is 15.3. The van der Waals surface area contributed by atoms with Crippen LogP contribution in [0.25, 0.3) is 11.1 Å². The van der Waals surface area contributed by atoms with Crippen LogP contribution >= 0.6 is 0 Å². The number of hydrogen-bond acceptors (Lipinski definition) is 1. The lowest BCUT2D eigenvalue weighted by Gasteiger charge is -2.20. The molecule has 180 valence electrons. The van der Waals surface area contributed by atoms with Crippen LogP contribution in [0, 0.1) is 24.4 Å². The Hall–Kier alpha value is -2.80. The van der Waals surface area contributed by atoms with Crippen molar-refractivity contribution in [1.82, 2.24) is 0 Å². The van der Waals surface area contributed by atoms with Crippen LogP contribution in [0.4, 0.5) is 26.3 Å². The number of alkyl halides is 3. The Morgan fingerprint density at radius 2 is 1.44 bits per heavy atom. The largest absolute Gasteiger partial charge is 0.419 e. The zero-order valence-corrected chi connectivity index (χ0v) is 18.8. The van der Waals surface area contributed by atoms with Crippen LogP contribution in [0.2, 0.25) is 0 Å². The summed E-state index contributed by atoms with van der Waals surface area (Å²) in [6.45, 7) is 3.72. The summed E-state index contributed by atoms with van der Waals surface area (Å²) < 4.78 is 91.4. The van der Waals surface area contributed by atoms with Crippen molar-refractivity contribution in [3.05, 3.63) is 93.3 Å². The molecule has 1 atom stereocenters. The van der Waals surface area contributed by atoms with E-state index in [0.717, 1.165) is 36.1 Å². The van der Waals surface area contributed by atoms with E-state index in [4.69, 9.17) is 4.74 Å². The number of benzene rings is 3. The van der Waals surface area contributed by atoms with Crippen molar-refractivity contribution >= 4 is 0 Å². The number of hydrogen-bond donors (Lipinski definition) is 0. The molecule has 0 N–H and O–H groups in total. The summed E-state index contributed by atoms with van der Waals surface area (Å²) >= 11 is 0. The predicted octanol–water partition coefficient (Wildman–Crippen LogP) is 7.91. The van der Waals surface area contributed by atoms with Crippen LogP contribution in [0.15, 0.2) is 42.5 Å². The lowest BCUT2D eigenvalue weighted by atomic mass is 9.89. The van der Waals surface area contributed by atoms with Gasteiger partial charge in [0, 0.05) is 16.7 Å². The van der Waals surface area contributed by atoms with E-state index in [9.17, 15) is 22.0 Å². The van der Waals surface area contributed by atoms with Gasteiger partial charge in [0.25, 0.3) is 0 Å². The molecule has 0 aliphatic carbocycles. The van der Waals surface area contributed by atoms with E-state index in [0.29, 0.717) is 0 Å². The summed E-state index contributed by atoms with van der Waals surface area (Å²) in [6.07, 6.45) is -3.44. The number of ether oxygens (including phenoxy) is 1. The molecule has 7 heteroatoms. The van der Waals surface area contributed by atoms with Crippen molar-refractivity contribution in [2.24, 2.45) is 0 Å². The first-order valence-corrected chi connectivity index (χ1v) is 11.2. The van der Waals surface area contributed by atoms with E-state index in [1.165, 1.54) is 13.0 Å². The van der Waals surface area contributed by atoms with E-state index >= 15 is 4.39 Å². The molecule has 0 bridgehead atoms. The SMILES string of the molecule is CCCc1ccc(CCc2c(C)cc(-c3ccc(C4CO4)c(F)c3F)c(F)c2C(F)(F)F)cc1. The van der Waals surface area contributed by atoms with E-state index in [1.807, 2.05) is 24.3 Å². The Balaban J connectivity index is 1.72. The molecule has 0 spiro atoms. The summed E-state index contributed by atoms with van der Waals surface area (Å²) in [7, 11) is 0. The molecule has 3 aromatic rings. The second kappa shape index (κ2) is 9.45. The molecule has 3 aromatic carbocycles. The van der Waals surface area contributed by atoms with Gasteiger partial charge in [0.2, 0.25) is 0 Å². The summed E-state index contributed by atoms with van der Waals surface area (Å²) in [5.41, 5.74) is -0.667. The van der Waals surface area contributed by atoms with Crippen LogP contribution in [0.5, 0.6) is 0 Å². The van der Waals surface area contributed by atoms with Gasteiger partial charge < -0.3 is 4.74 Å². The van der Waals surface area contributed by atoms with E-state index < -0.39 is 46.4 Å². The Kier molecular flexibility index (Phi) is 6.76. The van der Waals surface area contributed by atoms with Gasteiger partial charge in [0.05, 0.1) is 12.2 Å². The molecular weight excluding hydrogens is 454 g/mol. The molecule has 1 nitrogen and oxygen atoms in total. The third-order valence-corrected chi connectivity index (χ3v) is 6.19. The van der Waals surface area contributed by atoms with Crippen molar-refractivity contribution in [3.8, 4) is 11.1 Å². The lowest BCUT2D eigenvalue weighted by Crippen LogP contribution is -2.16. The van der Waals surface area contributed by atoms with Gasteiger partial charge in [-0.3, -0.25) is 0 Å². The third kappa shape index (κ3) is 4.85. The fourth-order valence-corrected chi connectivity index (χ4v) is 4.32. The highest BCUT2D eigenvalue weighted by atomic mass is 19.4. The molecule has 1 unspecified atom stereocenters. The number of rotatable bonds is 7. The van der Waals surface area contributed by atoms with Crippen molar-refractivity contribution in [3.63, 3.8) is 0 Å². The molecule has 4 rings (SSSR count). The normalized spacial score (nSPS) is 15.6. The van der Waals surface area contributed by atoms with Crippen LogP contribution < -0.4 is 0 Å². The number of epoxide rings is 1. The first-order valence-electron chi connectivity index (χ1n) is 11.2. The molecule has 1 heterocycles. The average molecular weight is 478 g/mol. The molecule has 0 radical (unpaired) electrons. The first-order chi connectivity index (χ1) is 16.1. The van der Waals surface area contributed by atoms with Gasteiger partial charge in [0.15, 0.2) is 11.6 Å². The molecular formula is C27H24F6O. The van der Waals surface area contributed by atoms with Crippen LogP contribution in [-0.2, 0) is 30.2 Å². The quantitative estimate of drug-likeness (QED) is 0.248. The second-order valence-electron chi connectivity index (χ2n) is 8.63. The van der Waals surface area contributed by atoms with E-state index in [1.54, 1.807) is 0 Å². The van der Waals surface area contributed by atoms with Crippen molar-refractivity contribution in [2.75, 3.05) is 6.61 Å². The molecule has 1 aliphatic rings. The van der Waals surface area contributed by atoms with Gasteiger partial charge in [-0.1, -0.05) is 49.7 Å². The van der Waals surface area contributed by atoms with E-state index in [-0.39, 0.29) is 36.1 Å². The zero-order chi connectivity index (χ0) is 24.6. The summed E-state index contributed by atoms with van der Waals surface area (Å²) in [4.78, 5) is 0. The van der Waals surface area contributed by atoms with Crippen molar-refractivity contribution < 1.29 is 31.1 Å². The van der Waals surface area contributed by atoms with Gasteiger partial charge in [-0.15, -0.1) is 0 Å². The van der Waals surface area contributed by atoms with Gasteiger partial charge in [-0.25, -0.2) is 13.2 Å².